The molecule has 2 aliphatic rings. The minimum absolute atomic E-state index is 0.0704. The van der Waals surface area contributed by atoms with Gasteiger partial charge in [0.05, 0.1) is 19.1 Å². The molecule has 2 amide bonds. The van der Waals surface area contributed by atoms with Gasteiger partial charge in [-0.1, -0.05) is 44.2 Å². The highest BCUT2D eigenvalue weighted by atomic mass is 32.1. The first-order valence-electron chi connectivity index (χ1n) is 13.7. The Kier molecular flexibility index (Phi) is 8.75. The number of aromatic nitrogens is 4. The maximum absolute atomic E-state index is 14.1. The van der Waals surface area contributed by atoms with Crippen LogP contribution in [-0.2, 0) is 16.1 Å². The van der Waals surface area contributed by atoms with Crippen molar-refractivity contribution < 1.29 is 19.1 Å². The Balaban J connectivity index is 1.50. The molecule has 11 heteroatoms. The zero-order valence-electron chi connectivity index (χ0n) is 22.5. The van der Waals surface area contributed by atoms with E-state index in [1.54, 1.807) is 25.2 Å². The molecule has 5 rings (SSSR count). The van der Waals surface area contributed by atoms with Crippen molar-refractivity contribution in [1.82, 2.24) is 30.4 Å². The number of ether oxygens (including phenoxy) is 2. The maximum atomic E-state index is 14.1. The van der Waals surface area contributed by atoms with Crippen LogP contribution in [0.5, 0.6) is 11.5 Å². The predicted octanol–water partition coefficient (Wildman–Crippen LogP) is 4.38. The summed E-state index contributed by atoms with van der Waals surface area (Å²) in [5.74, 6) is 1.19. The lowest BCUT2D eigenvalue weighted by atomic mass is 9.91. The van der Waals surface area contributed by atoms with Crippen LogP contribution >= 0.6 is 11.3 Å². The van der Waals surface area contributed by atoms with Gasteiger partial charge in [-0.25, -0.2) is 0 Å². The number of hydrogen-bond acceptors (Lipinski definition) is 8. The summed E-state index contributed by atoms with van der Waals surface area (Å²) in [5.41, 5.74) is 0.688. The SMILES string of the molecule is COc1ccc(C(C(=O)NC2CCCC2)N(C(=O)Cn2nnc(-c3cccs3)n2)C2CCCCC2)cc1OC. The molecule has 2 fully saturated rings. The Morgan fingerprint density at radius 2 is 1.79 bits per heavy atom. The second kappa shape index (κ2) is 12.6. The van der Waals surface area contributed by atoms with E-state index in [0.717, 1.165) is 62.7 Å². The summed E-state index contributed by atoms with van der Waals surface area (Å²) in [7, 11) is 3.15. The molecule has 1 aromatic carbocycles. The molecule has 1 N–H and O–H groups in total. The minimum Gasteiger partial charge on any atom is -0.493 e. The van der Waals surface area contributed by atoms with Crippen LogP contribution in [0.25, 0.3) is 10.7 Å². The van der Waals surface area contributed by atoms with E-state index >= 15 is 0 Å². The Labute approximate surface area is 232 Å². The number of rotatable bonds is 10. The number of nitrogens with one attached hydrogen (secondary N) is 1. The molecule has 39 heavy (non-hydrogen) atoms. The lowest BCUT2D eigenvalue weighted by molar-refractivity contribution is -0.145. The number of carbonyl (C=O) groups excluding carboxylic acids is 2. The smallest absolute Gasteiger partial charge is 0.247 e. The van der Waals surface area contributed by atoms with Gasteiger partial charge in [-0.05, 0) is 60.0 Å². The van der Waals surface area contributed by atoms with Crippen molar-refractivity contribution >= 4 is 23.2 Å². The van der Waals surface area contributed by atoms with Crippen LogP contribution in [0.2, 0.25) is 0 Å². The van der Waals surface area contributed by atoms with E-state index in [1.165, 1.54) is 16.1 Å². The zero-order chi connectivity index (χ0) is 27.2. The van der Waals surface area contributed by atoms with Gasteiger partial charge in [-0.3, -0.25) is 9.59 Å². The Hall–Kier alpha value is -3.47. The largest absolute Gasteiger partial charge is 0.493 e. The summed E-state index contributed by atoms with van der Waals surface area (Å²) in [6, 6.07) is 8.53. The van der Waals surface area contributed by atoms with Crippen LogP contribution in [0.15, 0.2) is 35.7 Å². The normalized spacial score (nSPS) is 17.1. The summed E-state index contributed by atoms with van der Waals surface area (Å²) in [5, 5.41) is 17.9. The van der Waals surface area contributed by atoms with Gasteiger partial charge in [0.15, 0.2) is 11.5 Å². The molecule has 10 nitrogen and oxygen atoms in total. The van der Waals surface area contributed by atoms with Gasteiger partial charge < -0.3 is 19.7 Å². The van der Waals surface area contributed by atoms with E-state index in [2.05, 4.69) is 20.7 Å². The molecule has 0 saturated heterocycles. The van der Waals surface area contributed by atoms with Gasteiger partial charge in [0, 0.05) is 12.1 Å². The number of amides is 2. The number of methoxy groups -OCH3 is 2. The van der Waals surface area contributed by atoms with E-state index in [4.69, 9.17) is 9.47 Å². The topological polar surface area (TPSA) is 111 Å². The molecule has 0 bridgehead atoms. The first-order valence-corrected chi connectivity index (χ1v) is 14.6. The monoisotopic (exact) mass is 552 g/mol. The van der Waals surface area contributed by atoms with Crippen LogP contribution in [0, 0.1) is 0 Å². The molecule has 1 atom stereocenters. The molecule has 1 unspecified atom stereocenters. The quantitative estimate of drug-likeness (QED) is 0.397. The molecule has 0 aliphatic heterocycles. The highest BCUT2D eigenvalue weighted by molar-refractivity contribution is 7.13. The molecule has 2 aromatic heterocycles. The maximum Gasteiger partial charge on any atom is 0.247 e. The molecule has 3 aromatic rings. The standard InChI is InChI=1S/C28H36N6O4S/c1-37-22-15-14-19(17-23(22)38-2)26(28(36)29-20-9-6-7-10-20)34(21-11-4-3-5-12-21)25(35)18-33-31-27(30-32-33)24-13-8-16-39-24/h8,13-17,20-21,26H,3-7,9-12,18H2,1-2H3,(H,29,36). The summed E-state index contributed by atoms with van der Waals surface area (Å²) >= 11 is 1.52. The third-order valence-electron chi connectivity index (χ3n) is 7.68. The second-order valence-electron chi connectivity index (χ2n) is 10.2. The summed E-state index contributed by atoms with van der Waals surface area (Å²) in [4.78, 5) is 32.1. The van der Waals surface area contributed by atoms with Crippen molar-refractivity contribution in [2.24, 2.45) is 0 Å². The first kappa shape index (κ1) is 27.1. The first-order chi connectivity index (χ1) is 19.1. The van der Waals surface area contributed by atoms with Gasteiger partial charge in [0.2, 0.25) is 17.6 Å². The number of hydrogen-bond donors (Lipinski definition) is 1. The van der Waals surface area contributed by atoms with Crippen LogP contribution in [0.3, 0.4) is 0 Å². The van der Waals surface area contributed by atoms with E-state index in [-0.39, 0.29) is 30.4 Å². The van der Waals surface area contributed by atoms with Crippen molar-refractivity contribution in [3.05, 3.63) is 41.3 Å². The van der Waals surface area contributed by atoms with Crippen molar-refractivity contribution in [1.29, 1.82) is 0 Å². The highest BCUT2D eigenvalue weighted by Gasteiger charge is 2.38. The van der Waals surface area contributed by atoms with Crippen LogP contribution in [0.1, 0.15) is 69.4 Å². The number of benzene rings is 1. The summed E-state index contributed by atoms with van der Waals surface area (Å²) in [6.45, 7) is -0.102. The predicted molar refractivity (Wildman–Crippen MR) is 148 cm³/mol. The Bertz CT molecular complexity index is 1250. The Morgan fingerprint density at radius 1 is 1.05 bits per heavy atom. The average Bonchev–Trinajstić information content (AvgIpc) is 3.75. The fourth-order valence-corrected chi connectivity index (χ4v) is 6.39. The minimum atomic E-state index is -0.818. The number of tetrazole rings is 1. The summed E-state index contributed by atoms with van der Waals surface area (Å²) < 4.78 is 11.0. The van der Waals surface area contributed by atoms with Gasteiger partial charge in [0.25, 0.3) is 0 Å². The molecule has 2 heterocycles. The number of carbonyl (C=O) groups is 2. The van der Waals surface area contributed by atoms with Crippen molar-refractivity contribution in [2.45, 2.75) is 82.5 Å². The van der Waals surface area contributed by atoms with E-state index in [0.29, 0.717) is 22.9 Å². The van der Waals surface area contributed by atoms with Crippen molar-refractivity contribution in [2.75, 3.05) is 14.2 Å². The highest BCUT2D eigenvalue weighted by Crippen LogP contribution is 2.36. The summed E-state index contributed by atoms with van der Waals surface area (Å²) in [6.07, 6.45) is 8.95. The average molecular weight is 553 g/mol. The van der Waals surface area contributed by atoms with E-state index in [9.17, 15) is 9.59 Å². The molecule has 0 radical (unpaired) electrons. The van der Waals surface area contributed by atoms with Gasteiger partial charge >= 0.3 is 0 Å². The third kappa shape index (κ3) is 6.24. The zero-order valence-corrected chi connectivity index (χ0v) is 23.4. The lowest BCUT2D eigenvalue weighted by Gasteiger charge is -2.40. The molecule has 2 aliphatic carbocycles. The van der Waals surface area contributed by atoms with E-state index < -0.39 is 6.04 Å². The number of nitrogens with zero attached hydrogens (tertiary/aromatic N) is 5. The van der Waals surface area contributed by atoms with Crippen molar-refractivity contribution in [3.8, 4) is 22.2 Å². The molecular weight excluding hydrogens is 516 g/mol. The van der Waals surface area contributed by atoms with Gasteiger partial charge in [0.1, 0.15) is 12.6 Å². The van der Waals surface area contributed by atoms with E-state index in [1.807, 2.05) is 29.6 Å². The molecule has 0 spiro atoms. The van der Waals surface area contributed by atoms with Gasteiger partial charge in [-0.2, -0.15) is 4.80 Å². The fraction of sp³-hybridized carbons (Fsp3) is 0.536. The van der Waals surface area contributed by atoms with Crippen LogP contribution < -0.4 is 14.8 Å². The third-order valence-corrected chi connectivity index (χ3v) is 8.54. The fourth-order valence-electron chi connectivity index (χ4n) is 5.75. The lowest BCUT2D eigenvalue weighted by Crippen LogP contribution is -2.51. The molecule has 208 valence electrons. The molecule has 2 saturated carbocycles. The second-order valence-corrected chi connectivity index (χ2v) is 11.2. The number of thiophene rings is 1. The Morgan fingerprint density at radius 3 is 2.49 bits per heavy atom. The molecular formula is C28H36N6O4S. The van der Waals surface area contributed by atoms with Gasteiger partial charge in [-0.15, -0.1) is 21.5 Å². The van der Waals surface area contributed by atoms with Crippen LogP contribution in [-0.4, -0.2) is 63.2 Å². The van der Waals surface area contributed by atoms with Crippen molar-refractivity contribution in [3.63, 3.8) is 0 Å². The van der Waals surface area contributed by atoms with Crippen LogP contribution in [0.4, 0.5) is 0 Å².